The number of nitro benzene ring substituents is 1. The number of pyridine rings is 1. The first-order chi connectivity index (χ1) is 11.6. The molecule has 2 heterocycles. The third-order valence-electron chi connectivity index (χ3n) is 4.28. The van der Waals surface area contributed by atoms with Crippen LogP contribution in [0.5, 0.6) is 0 Å². The van der Waals surface area contributed by atoms with Crippen molar-refractivity contribution in [1.29, 1.82) is 0 Å². The van der Waals surface area contributed by atoms with Crippen LogP contribution in [-0.4, -0.2) is 40.3 Å². The summed E-state index contributed by atoms with van der Waals surface area (Å²) < 4.78 is 0. The molecule has 1 aromatic heterocycles. The zero-order chi connectivity index (χ0) is 17.1. The molecule has 0 saturated carbocycles. The minimum absolute atomic E-state index is 0.0263. The third-order valence-corrected chi connectivity index (χ3v) is 4.28. The molecule has 0 radical (unpaired) electrons. The predicted octanol–water partition coefficient (Wildman–Crippen LogP) is 2.88. The van der Waals surface area contributed by atoms with Crippen LogP contribution >= 0.6 is 0 Å². The van der Waals surface area contributed by atoms with E-state index in [9.17, 15) is 14.9 Å². The molecule has 126 valence electrons. The average molecular weight is 328 g/mol. The number of anilines is 1. The normalized spacial score (nSPS) is 14.6. The molecule has 1 aliphatic rings. The predicted molar refractivity (Wildman–Crippen MR) is 92.1 cm³/mol. The maximum Gasteiger partial charge on any atom is 0.295 e. The van der Waals surface area contributed by atoms with Gasteiger partial charge in [0, 0.05) is 35.9 Å². The number of piperidine rings is 1. The van der Waals surface area contributed by atoms with Crippen molar-refractivity contribution in [3.8, 4) is 0 Å². The first kappa shape index (κ1) is 16.2. The van der Waals surface area contributed by atoms with Crippen molar-refractivity contribution in [3.63, 3.8) is 0 Å². The van der Waals surface area contributed by atoms with Crippen LogP contribution in [0.25, 0.3) is 10.9 Å². The number of nitro groups is 1. The molecule has 7 nitrogen and oxygen atoms in total. The van der Waals surface area contributed by atoms with Crippen molar-refractivity contribution in [2.45, 2.75) is 26.2 Å². The van der Waals surface area contributed by atoms with E-state index in [1.54, 1.807) is 19.1 Å². The van der Waals surface area contributed by atoms with Crippen molar-refractivity contribution >= 4 is 28.2 Å². The Hall–Kier alpha value is -2.70. The Balaban J connectivity index is 1.85. The Morgan fingerprint density at radius 3 is 2.79 bits per heavy atom. The average Bonchev–Trinajstić information content (AvgIpc) is 2.59. The van der Waals surface area contributed by atoms with E-state index in [2.05, 4.69) is 10.3 Å². The molecule has 1 fully saturated rings. The molecule has 3 rings (SSSR count). The number of hydrogen-bond donors (Lipinski definition) is 1. The van der Waals surface area contributed by atoms with Crippen molar-refractivity contribution < 1.29 is 9.72 Å². The zero-order valence-electron chi connectivity index (χ0n) is 13.6. The lowest BCUT2D eigenvalue weighted by Crippen LogP contribution is -2.39. The number of hydrogen-bond acceptors (Lipinski definition) is 5. The van der Waals surface area contributed by atoms with Crippen LogP contribution in [0, 0.1) is 17.0 Å². The van der Waals surface area contributed by atoms with Gasteiger partial charge in [-0.05, 0) is 32.3 Å². The highest BCUT2D eigenvalue weighted by atomic mass is 16.6. The van der Waals surface area contributed by atoms with E-state index in [1.807, 2.05) is 11.0 Å². The Labute approximate surface area is 139 Å². The molecule has 24 heavy (non-hydrogen) atoms. The van der Waals surface area contributed by atoms with Crippen molar-refractivity contribution in [2.24, 2.45) is 0 Å². The summed E-state index contributed by atoms with van der Waals surface area (Å²) in [5.41, 5.74) is 1.69. The fraction of sp³-hybridized carbons (Fsp3) is 0.412. The molecular weight excluding hydrogens is 308 g/mol. The standard InChI is InChI=1S/C17H20N4O3/c1-12-10-14(18-11-16(22)20-8-3-2-4-9-20)13-6-5-7-15(21(23)24)17(13)19-12/h5-7,10H,2-4,8-9,11H2,1H3,(H,18,19). The van der Waals surface area contributed by atoms with Crippen molar-refractivity contribution in [3.05, 3.63) is 40.1 Å². The van der Waals surface area contributed by atoms with Crippen LogP contribution in [0.4, 0.5) is 11.4 Å². The molecule has 7 heteroatoms. The number of rotatable bonds is 4. The largest absolute Gasteiger partial charge is 0.376 e. The first-order valence-electron chi connectivity index (χ1n) is 8.12. The lowest BCUT2D eigenvalue weighted by atomic mass is 10.1. The lowest BCUT2D eigenvalue weighted by molar-refractivity contribution is -0.383. The number of amides is 1. The number of nitrogens with zero attached hydrogens (tertiary/aromatic N) is 3. The number of fused-ring (bicyclic) bond motifs is 1. The molecule has 0 spiro atoms. The van der Waals surface area contributed by atoms with Gasteiger partial charge in [-0.25, -0.2) is 4.98 Å². The minimum Gasteiger partial charge on any atom is -0.376 e. The van der Waals surface area contributed by atoms with Gasteiger partial charge in [0.05, 0.1) is 11.5 Å². The second-order valence-electron chi connectivity index (χ2n) is 6.04. The van der Waals surface area contributed by atoms with Gasteiger partial charge in [0.2, 0.25) is 5.91 Å². The quantitative estimate of drug-likeness (QED) is 0.688. The van der Waals surface area contributed by atoms with E-state index < -0.39 is 4.92 Å². The summed E-state index contributed by atoms with van der Waals surface area (Å²) in [6.45, 7) is 3.58. The Bertz CT molecular complexity index is 785. The minimum atomic E-state index is -0.433. The summed E-state index contributed by atoms with van der Waals surface area (Å²) in [5, 5.41) is 15.0. The highest BCUT2D eigenvalue weighted by molar-refractivity contribution is 5.97. The SMILES string of the molecule is Cc1cc(NCC(=O)N2CCCCC2)c2cccc([N+](=O)[O-])c2n1. The number of non-ortho nitro benzene ring substituents is 1. The summed E-state index contributed by atoms with van der Waals surface area (Å²) in [7, 11) is 0. The molecule has 0 bridgehead atoms. The Morgan fingerprint density at radius 1 is 1.33 bits per heavy atom. The number of carbonyl (C=O) groups excluding carboxylic acids is 1. The van der Waals surface area contributed by atoms with Crippen molar-refractivity contribution in [2.75, 3.05) is 25.0 Å². The van der Waals surface area contributed by atoms with Gasteiger partial charge in [0.25, 0.3) is 5.69 Å². The first-order valence-corrected chi connectivity index (χ1v) is 8.12. The van der Waals surface area contributed by atoms with Gasteiger partial charge < -0.3 is 10.2 Å². The number of likely N-dealkylation sites (tertiary alicyclic amines) is 1. The molecule has 1 amide bonds. The van der Waals surface area contributed by atoms with Crippen LogP contribution in [0.2, 0.25) is 0 Å². The van der Waals surface area contributed by atoms with E-state index in [0.29, 0.717) is 22.3 Å². The van der Waals surface area contributed by atoms with Crippen LogP contribution in [0.1, 0.15) is 25.0 Å². The summed E-state index contributed by atoms with van der Waals surface area (Å²) >= 11 is 0. The highest BCUT2D eigenvalue weighted by Gasteiger charge is 2.18. The lowest BCUT2D eigenvalue weighted by Gasteiger charge is -2.27. The molecule has 0 unspecified atom stereocenters. The fourth-order valence-corrected chi connectivity index (χ4v) is 3.08. The summed E-state index contributed by atoms with van der Waals surface area (Å²) in [6.07, 6.45) is 3.28. The molecule has 2 aromatic rings. The van der Waals surface area contributed by atoms with Gasteiger partial charge in [0.15, 0.2) is 5.52 Å². The molecule has 1 saturated heterocycles. The van der Waals surface area contributed by atoms with E-state index >= 15 is 0 Å². The van der Waals surface area contributed by atoms with E-state index in [-0.39, 0.29) is 18.1 Å². The van der Waals surface area contributed by atoms with Crippen LogP contribution in [0.3, 0.4) is 0 Å². The smallest absolute Gasteiger partial charge is 0.295 e. The van der Waals surface area contributed by atoms with Gasteiger partial charge in [0.1, 0.15) is 0 Å². The number of nitrogens with one attached hydrogen (secondary N) is 1. The number of aromatic nitrogens is 1. The fourth-order valence-electron chi connectivity index (χ4n) is 3.08. The molecule has 1 aromatic carbocycles. The van der Waals surface area contributed by atoms with Gasteiger partial charge >= 0.3 is 0 Å². The van der Waals surface area contributed by atoms with Gasteiger partial charge in [-0.3, -0.25) is 14.9 Å². The maximum atomic E-state index is 12.3. The number of carbonyl (C=O) groups is 1. The van der Waals surface area contributed by atoms with Gasteiger partial charge in [-0.1, -0.05) is 12.1 Å². The monoisotopic (exact) mass is 328 g/mol. The van der Waals surface area contributed by atoms with Crippen LogP contribution in [0.15, 0.2) is 24.3 Å². The zero-order valence-corrected chi connectivity index (χ0v) is 13.6. The van der Waals surface area contributed by atoms with Crippen molar-refractivity contribution in [1.82, 2.24) is 9.88 Å². The number of benzene rings is 1. The Morgan fingerprint density at radius 2 is 2.08 bits per heavy atom. The van der Waals surface area contributed by atoms with E-state index in [4.69, 9.17) is 0 Å². The molecule has 1 N–H and O–H groups in total. The third kappa shape index (κ3) is 3.29. The van der Waals surface area contributed by atoms with Crippen LogP contribution in [-0.2, 0) is 4.79 Å². The van der Waals surface area contributed by atoms with Gasteiger partial charge in [-0.15, -0.1) is 0 Å². The number of aryl methyl sites for hydroxylation is 1. The summed E-state index contributed by atoms with van der Waals surface area (Å²) in [5.74, 6) is 0.0581. The molecule has 1 aliphatic heterocycles. The molecular formula is C17H20N4O3. The molecule has 0 atom stereocenters. The van der Waals surface area contributed by atoms with E-state index in [1.165, 1.54) is 12.5 Å². The summed E-state index contributed by atoms with van der Waals surface area (Å²) in [4.78, 5) is 29.2. The molecule has 0 aliphatic carbocycles. The van der Waals surface area contributed by atoms with E-state index in [0.717, 1.165) is 25.9 Å². The second-order valence-corrected chi connectivity index (χ2v) is 6.04. The Kier molecular flexibility index (Phi) is 4.59. The van der Waals surface area contributed by atoms with Gasteiger partial charge in [-0.2, -0.15) is 0 Å². The highest BCUT2D eigenvalue weighted by Crippen LogP contribution is 2.29. The maximum absolute atomic E-state index is 12.3. The topological polar surface area (TPSA) is 88.4 Å². The van der Waals surface area contributed by atoms with Crippen LogP contribution < -0.4 is 5.32 Å². The number of para-hydroxylation sites is 1. The second kappa shape index (κ2) is 6.82. The summed E-state index contributed by atoms with van der Waals surface area (Å²) in [6, 6.07) is 6.67.